The van der Waals surface area contributed by atoms with Crippen molar-refractivity contribution in [2.45, 2.75) is 12.7 Å². The highest BCUT2D eigenvalue weighted by atomic mass is 16.5. The first kappa shape index (κ1) is 18.8. The molecule has 0 heterocycles. The Morgan fingerprint density at radius 2 is 1.48 bits per heavy atom. The van der Waals surface area contributed by atoms with Crippen LogP contribution in [0.25, 0.3) is 0 Å². The van der Waals surface area contributed by atoms with Crippen molar-refractivity contribution < 1.29 is 19.7 Å². The maximum absolute atomic E-state index is 10.9. The average molecular weight is 365 g/mol. The van der Waals surface area contributed by atoms with Gasteiger partial charge in [0.25, 0.3) is 0 Å². The minimum atomic E-state index is -0.828. The van der Waals surface area contributed by atoms with Crippen LogP contribution in [0.3, 0.4) is 0 Å². The number of anilines is 2. The molecule has 0 spiro atoms. The number of hydrogen-bond donors (Lipinski definition) is 3. The lowest BCUT2D eigenvalue weighted by Crippen LogP contribution is -2.05. The minimum Gasteiger partial charge on any atom is -0.497 e. The molecule has 1 unspecified atom stereocenters. The second-order valence-corrected chi connectivity index (χ2v) is 6.11. The molecule has 140 valence electrons. The molecule has 27 heavy (non-hydrogen) atoms. The van der Waals surface area contributed by atoms with Crippen molar-refractivity contribution in [3.05, 3.63) is 83.4 Å². The Morgan fingerprint density at radius 3 is 2.07 bits per heavy atom. The van der Waals surface area contributed by atoms with Crippen LogP contribution < -0.4 is 14.8 Å². The molecule has 0 saturated carbocycles. The summed E-state index contributed by atoms with van der Waals surface area (Å²) in [5, 5.41) is 23.5. The van der Waals surface area contributed by atoms with Crippen LogP contribution in [0.15, 0.2) is 66.7 Å². The second-order valence-electron chi connectivity index (χ2n) is 6.11. The van der Waals surface area contributed by atoms with Gasteiger partial charge in [0.2, 0.25) is 0 Å². The summed E-state index contributed by atoms with van der Waals surface area (Å²) in [5.41, 5.74) is 3.93. The fraction of sp³-hybridized carbons (Fsp3) is 0.182. The normalized spacial score (nSPS) is 11.7. The van der Waals surface area contributed by atoms with Gasteiger partial charge in [-0.25, -0.2) is 0 Å². The van der Waals surface area contributed by atoms with E-state index in [1.54, 1.807) is 14.2 Å². The van der Waals surface area contributed by atoms with Gasteiger partial charge in [0.05, 0.1) is 20.8 Å². The SMILES string of the molecule is COc1ccc(C(O)c2cc(OC)ccc2Nc2ccc(CO)cc2)cc1. The van der Waals surface area contributed by atoms with E-state index in [9.17, 15) is 10.2 Å². The number of ether oxygens (including phenoxy) is 2. The molecular formula is C22H23NO4. The lowest BCUT2D eigenvalue weighted by atomic mass is 9.99. The Morgan fingerprint density at radius 1 is 0.852 bits per heavy atom. The van der Waals surface area contributed by atoms with Gasteiger partial charge in [-0.2, -0.15) is 0 Å². The molecular weight excluding hydrogens is 342 g/mol. The summed E-state index contributed by atoms with van der Waals surface area (Å²) >= 11 is 0. The molecule has 3 rings (SSSR count). The Kier molecular flexibility index (Phi) is 5.96. The molecule has 0 bridgehead atoms. The van der Waals surface area contributed by atoms with Crippen LogP contribution >= 0.6 is 0 Å². The quantitative estimate of drug-likeness (QED) is 0.590. The van der Waals surface area contributed by atoms with Gasteiger partial charge in [0.15, 0.2) is 0 Å². The van der Waals surface area contributed by atoms with Crippen molar-refractivity contribution in [3.8, 4) is 11.5 Å². The van der Waals surface area contributed by atoms with E-state index in [4.69, 9.17) is 9.47 Å². The second kappa shape index (κ2) is 8.58. The molecule has 0 aliphatic heterocycles. The van der Waals surface area contributed by atoms with Gasteiger partial charge in [0.1, 0.15) is 17.6 Å². The van der Waals surface area contributed by atoms with E-state index in [1.165, 1.54) is 0 Å². The van der Waals surface area contributed by atoms with Crippen molar-refractivity contribution in [1.29, 1.82) is 0 Å². The monoisotopic (exact) mass is 365 g/mol. The maximum Gasteiger partial charge on any atom is 0.119 e. The summed E-state index contributed by atoms with van der Waals surface area (Å²) in [7, 11) is 3.21. The summed E-state index contributed by atoms with van der Waals surface area (Å²) in [6.07, 6.45) is -0.828. The summed E-state index contributed by atoms with van der Waals surface area (Å²) in [6, 6.07) is 20.3. The van der Waals surface area contributed by atoms with Crippen molar-refractivity contribution >= 4 is 11.4 Å². The third kappa shape index (κ3) is 4.39. The molecule has 0 radical (unpaired) electrons. The number of benzene rings is 3. The number of nitrogens with one attached hydrogen (secondary N) is 1. The van der Waals surface area contributed by atoms with E-state index in [0.29, 0.717) is 11.3 Å². The van der Waals surface area contributed by atoms with Crippen LogP contribution in [0, 0.1) is 0 Å². The van der Waals surface area contributed by atoms with Crippen LogP contribution in [0.1, 0.15) is 22.8 Å². The average Bonchev–Trinajstić information content (AvgIpc) is 2.74. The van der Waals surface area contributed by atoms with E-state index in [0.717, 1.165) is 28.3 Å². The molecule has 0 aliphatic rings. The van der Waals surface area contributed by atoms with E-state index in [1.807, 2.05) is 66.7 Å². The van der Waals surface area contributed by atoms with E-state index in [2.05, 4.69) is 5.32 Å². The van der Waals surface area contributed by atoms with Crippen LogP contribution in [-0.4, -0.2) is 24.4 Å². The molecule has 0 aromatic heterocycles. The number of hydrogen-bond acceptors (Lipinski definition) is 5. The summed E-state index contributed by atoms with van der Waals surface area (Å²) in [4.78, 5) is 0. The number of aliphatic hydroxyl groups is 2. The molecule has 3 N–H and O–H groups in total. The van der Waals surface area contributed by atoms with Crippen LogP contribution in [0.2, 0.25) is 0 Å². The van der Waals surface area contributed by atoms with E-state index >= 15 is 0 Å². The largest absolute Gasteiger partial charge is 0.497 e. The van der Waals surface area contributed by atoms with Crippen LogP contribution in [0.4, 0.5) is 11.4 Å². The fourth-order valence-corrected chi connectivity index (χ4v) is 2.82. The number of methoxy groups -OCH3 is 2. The van der Waals surface area contributed by atoms with Crippen molar-refractivity contribution in [2.75, 3.05) is 19.5 Å². The van der Waals surface area contributed by atoms with Gasteiger partial charge >= 0.3 is 0 Å². The molecule has 5 nitrogen and oxygen atoms in total. The fourth-order valence-electron chi connectivity index (χ4n) is 2.82. The van der Waals surface area contributed by atoms with Crippen molar-refractivity contribution in [2.24, 2.45) is 0 Å². The number of aliphatic hydroxyl groups excluding tert-OH is 2. The Hall–Kier alpha value is -3.02. The highest BCUT2D eigenvalue weighted by Crippen LogP contribution is 2.34. The highest BCUT2D eigenvalue weighted by molar-refractivity contribution is 5.66. The first-order valence-electron chi connectivity index (χ1n) is 8.61. The van der Waals surface area contributed by atoms with Crippen molar-refractivity contribution in [1.82, 2.24) is 0 Å². The van der Waals surface area contributed by atoms with Crippen LogP contribution in [0.5, 0.6) is 11.5 Å². The zero-order valence-corrected chi connectivity index (χ0v) is 15.3. The van der Waals surface area contributed by atoms with Gasteiger partial charge in [0, 0.05) is 16.9 Å². The van der Waals surface area contributed by atoms with Crippen molar-refractivity contribution in [3.63, 3.8) is 0 Å². The highest BCUT2D eigenvalue weighted by Gasteiger charge is 2.16. The van der Waals surface area contributed by atoms with Gasteiger partial charge in [-0.3, -0.25) is 0 Å². The molecule has 3 aromatic carbocycles. The lowest BCUT2D eigenvalue weighted by Gasteiger charge is -2.19. The molecule has 3 aromatic rings. The zero-order valence-electron chi connectivity index (χ0n) is 15.3. The predicted molar refractivity (Wildman–Crippen MR) is 106 cm³/mol. The smallest absolute Gasteiger partial charge is 0.119 e. The summed E-state index contributed by atoms with van der Waals surface area (Å²) in [6.45, 7) is 0.00422. The third-order valence-electron chi connectivity index (χ3n) is 4.40. The maximum atomic E-state index is 10.9. The Labute approximate surface area is 158 Å². The molecule has 0 aliphatic carbocycles. The Bertz CT molecular complexity index is 876. The summed E-state index contributed by atoms with van der Waals surface area (Å²) in [5.74, 6) is 1.40. The zero-order chi connectivity index (χ0) is 19.2. The number of rotatable bonds is 7. The first-order chi connectivity index (χ1) is 13.1. The van der Waals surface area contributed by atoms with Gasteiger partial charge in [-0.1, -0.05) is 24.3 Å². The molecule has 0 fully saturated rings. The van der Waals surface area contributed by atoms with Crippen LogP contribution in [-0.2, 0) is 6.61 Å². The Balaban J connectivity index is 1.93. The van der Waals surface area contributed by atoms with Gasteiger partial charge in [-0.05, 0) is 53.6 Å². The summed E-state index contributed by atoms with van der Waals surface area (Å²) < 4.78 is 10.5. The minimum absolute atomic E-state index is 0.00422. The molecule has 0 saturated heterocycles. The molecule has 1 atom stereocenters. The molecule has 5 heteroatoms. The lowest BCUT2D eigenvalue weighted by molar-refractivity contribution is 0.220. The standard InChI is InChI=1S/C22H23NO4/c1-26-18-9-5-16(6-10-18)22(25)20-13-19(27-2)11-12-21(20)23-17-7-3-15(14-24)4-8-17/h3-13,22-25H,14H2,1-2H3. The first-order valence-corrected chi connectivity index (χ1v) is 8.61. The molecule has 0 amide bonds. The predicted octanol–water partition coefficient (Wildman–Crippen LogP) is 4.02. The van der Waals surface area contributed by atoms with E-state index < -0.39 is 6.10 Å². The van der Waals surface area contributed by atoms with Gasteiger partial charge < -0.3 is 25.0 Å². The van der Waals surface area contributed by atoms with E-state index in [-0.39, 0.29) is 6.61 Å². The topological polar surface area (TPSA) is 71.0 Å². The van der Waals surface area contributed by atoms with Gasteiger partial charge in [-0.15, -0.1) is 0 Å². The third-order valence-corrected chi connectivity index (χ3v) is 4.40.